The molecular formula is C14H18O2. The Hall–Kier alpha value is -1.15. The lowest BCUT2D eigenvalue weighted by molar-refractivity contribution is -0.127. The van der Waals surface area contributed by atoms with E-state index in [1.165, 1.54) is 11.1 Å². The topological polar surface area (TPSA) is 26.3 Å². The molecule has 1 aromatic carbocycles. The summed E-state index contributed by atoms with van der Waals surface area (Å²) < 4.78 is 5.39. The minimum absolute atomic E-state index is 0.151. The number of hydrogen-bond donors (Lipinski definition) is 0. The van der Waals surface area contributed by atoms with Crippen LogP contribution in [0.3, 0.4) is 0 Å². The summed E-state index contributed by atoms with van der Waals surface area (Å²) in [6.45, 7) is 4.90. The molecule has 0 N–H and O–H groups in total. The van der Waals surface area contributed by atoms with Crippen molar-refractivity contribution in [3.8, 4) is 0 Å². The number of ether oxygens (including phenoxy) is 1. The van der Waals surface area contributed by atoms with Crippen LogP contribution in [0.25, 0.3) is 0 Å². The first-order valence-corrected chi connectivity index (χ1v) is 5.87. The van der Waals surface area contributed by atoms with E-state index in [0.29, 0.717) is 6.42 Å². The van der Waals surface area contributed by atoms with Crippen LogP contribution in [0, 0.1) is 13.8 Å². The maximum absolute atomic E-state index is 11.9. The average Bonchev–Trinajstić information content (AvgIpc) is 2.77. The van der Waals surface area contributed by atoms with Gasteiger partial charge in [0.05, 0.1) is 0 Å². The zero-order valence-corrected chi connectivity index (χ0v) is 9.95. The fraction of sp³-hybridized carbons (Fsp3) is 0.500. The summed E-state index contributed by atoms with van der Waals surface area (Å²) in [6, 6.07) is 6.21. The van der Waals surface area contributed by atoms with Crippen LogP contribution in [0.1, 0.15) is 29.5 Å². The van der Waals surface area contributed by atoms with Crippen molar-refractivity contribution in [3.63, 3.8) is 0 Å². The van der Waals surface area contributed by atoms with Crippen molar-refractivity contribution >= 4 is 5.78 Å². The molecular weight excluding hydrogens is 200 g/mol. The molecule has 0 radical (unpaired) electrons. The van der Waals surface area contributed by atoms with Gasteiger partial charge in [0.2, 0.25) is 0 Å². The van der Waals surface area contributed by atoms with Gasteiger partial charge in [0, 0.05) is 13.0 Å². The Morgan fingerprint density at radius 3 is 2.81 bits per heavy atom. The van der Waals surface area contributed by atoms with Crippen LogP contribution in [0.4, 0.5) is 0 Å². The summed E-state index contributed by atoms with van der Waals surface area (Å²) in [4.78, 5) is 11.9. The maximum atomic E-state index is 11.9. The largest absolute Gasteiger partial charge is 0.370 e. The second kappa shape index (κ2) is 4.79. The highest BCUT2D eigenvalue weighted by molar-refractivity contribution is 5.85. The van der Waals surface area contributed by atoms with Crippen molar-refractivity contribution in [1.29, 1.82) is 0 Å². The Morgan fingerprint density at radius 1 is 1.38 bits per heavy atom. The Morgan fingerprint density at radius 2 is 2.19 bits per heavy atom. The summed E-state index contributed by atoms with van der Waals surface area (Å²) in [5.41, 5.74) is 3.62. The first-order chi connectivity index (χ1) is 7.66. The van der Waals surface area contributed by atoms with Crippen molar-refractivity contribution < 1.29 is 9.53 Å². The molecule has 0 aromatic heterocycles. The molecule has 1 aliphatic heterocycles. The Labute approximate surface area is 96.6 Å². The van der Waals surface area contributed by atoms with E-state index < -0.39 is 0 Å². The molecule has 0 spiro atoms. The predicted molar refractivity (Wildman–Crippen MR) is 63.6 cm³/mol. The van der Waals surface area contributed by atoms with Gasteiger partial charge in [-0.25, -0.2) is 0 Å². The smallest absolute Gasteiger partial charge is 0.165 e. The van der Waals surface area contributed by atoms with E-state index >= 15 is 0 Å². The zero-order valence-electron chi connectivity index (χ0n) is 9.95. The molecule has 0 bridgehead atoms. The molecule has 2 heteroatoms. The van der Waals surface area contributed by atoms with Crippen LogP contribution in [-0.2, 0) is 16.0 Å². The second-order valence-electron chi connectivity index (χ2n) is 4.56. The van der Waals surface area contributed by atoms with Gasteiger partial charge in [0.1, 0.15) is 6.10 Å². The molecule has 1 saturated heterocycles. The van der Waals surface area contributed by atoms with Crippen molar-refractivity contribution in [2.75, 3.05) is 6.61 Å². The van der Waals surface area contributed by atoms with Crippen molar-refractivity contribution in [1.82, 2.24) is 0 Å². The molecule has 16 heavy (non-hydrogen) atoms. The fourth-order valence-electron chi connectivity index (χ4n) is 2.06. The van der Waals surface area contributed by atoms with Gasteiger partial charge in [0.25, 0.3) is 0 Å². The first kappa shape index (κ1) is 11.3. The predicted octanol–water partition coefficient (Wildman–Crippen LogP) is 2.59. The standard InChI is InChI=1S/C14H18O2/c1-10-5-6-12(8-11(10)2)9-13(15)14-4-3-7-16-14/h5-6,8,14H,3-4,7,9H2,1-2H3. The SMILES string of the molecule is Cc1ccc(CC(=O)C2CCCO2)cc1C. The number of carbonyl (C=O) groups excluding carboxylic acids is 1. The number of rotatable bonds is 3. The van der Waals surface area contributed by atoms with E-state index in [-0.39, 0.29) is 11.9 Å². The van der Waals surface area contributed by atoms with Crippen LogP contribution >= 0.6 is 0 Å². The Balaban J connectivity index is 2.02. The van der Waals surface area contributed by atoms with Crippen LogP contribution in [0.5, 0.6) is 0 Å². The Kier molecular flexibility index (Phi) is 3.39. The third-order valence-electron chi connectivity index (χ3n) is 3.24. The summed E-state index contributed by atoms with van der Waals surface area (Å²) in [5, 5.41) is 0. The van der Waals surface area contributed by atoms with Gasteiger partial charge in [-0.2, -0.15) is 0 Å². The number of aryl methyl sites for hydroxylation is 2. The quantitative estimate of drug-likeness (QED) is 0.779. The van der Waals surface area contributed by atoms with E-state index in [1.54, 1.807) is 0 Å². The van der Waals surface area contributed by atoms with Gasteiger partial charge < -0.3 is 4.74 Å². The third-order valence-corrected chi connectivity index (χ3v) is 3.24. The van der Waals surface area contributed by atoms with E-state index in [1.807, 2.05) is 6.07 Å². The molecule has 0 aliphatic carbocycles. The van der Waals surface area contributed by atoms with Crippen LogP contribution in [0.15, 0.2) is 18.2 Å². The molecule has 2 rings (SSSR count). The van der Waals surface area contributed by atoms with Crippen molar-refractivity contribution in [2.45, 2.75) is 39.2 Å². The molecule has 1 aromatic rings. The minimum Gasteiger partial charge on any atom is -0.370 e. The van der Waals surface area contributed by atoms with Gasteiger partial charge in [-0.1, -0.05) is 18.2 Å². The maximum Gasteiger partial charge on any atom is 0.165 e. The molecule has 86 valence electrons. The fourth-order valence-corrected chi connectivity index (χ4v) is 2.06. The average molecular weight is 218 g/mol. The summed E-state index contributed by atoms with van der Waals surface area (Å²) in [6.07, 6.45) is 2.26. The molecule has 1 atom stereocenters. The molecule has 0 amide bonds. The summed E-state index contributed by atoms with van der Waals surface area (Å²) in [7, 11) is 0. The van der Waals surface area contributed by atoms with Gasteiger partial charge in [-0.15, -0.1) is 0 Å². The highest BCUT2D eigenvalue weighted by Crippen LogP contribution is 2.16. The van der Waals surface area contributed by atoms with Crippen LogP contribution in [-0.4, -0.2) is 18.5 Å². The highest BCUT2D eigenvalue weighted by Gasteiger charge is 2.23. The number of ketones is 1. The van der Waals surface area contributed by atoms with Gasteiger partial charge >= 0.3 is 0 Å². The van der Waals surface area contributed by atoms with Gasteiger partial charge in [-0.05, 0) is 43.4 Å². The molecule has 1 heterocycles. The monoisotopic (exact) mass is 218 g/mol. The molecule has 1 fully saturated rings. The summed E-state index contributed by atoms with van der Waals surface area (Å²) in [5.74, 6) is 0.223. The lowest BCUT2D eigenvalue weighted by Crippen LogP contribution is -2.21. The molecule has 1 aliphatic rings. The number of hydrogen-bond acceptors (Lipinski definition) is 2. The van der Waals surface area contributed by atoms with E-state index in [4.69, 9.17) is 4.74 Å². The number of carbonyl (C=O) groups is 1. The lowest BCUT2D eigenvalue weighted by Gasteiger charge is -2.09. The van der Waals surface area contributed by atoms with E-state index in [0.717, 1.165) is 25.0 Å². The second-order valence-corrected chi connectivity index (χ2v) is 4.56. The molecule has 0 saturated carbocycles. The third kappa shape index (κ3) is 2.50. The number of Topliss-reactive ketones (excluding diaryl/α,β-unsaturated/α-hetero) is 1. The summed E-state index contributed by atoms with van der Waals surface area (Å²) >= 11 is 0. The van der Waals surface area contributed by atoms with Gasteiger partial charge in [-0.3, -0.25) is 4.79 Å². The molecule has 2 nitrogen and oxygen atoms in total. The number of benzene rings is 1. The zero-order chi connectivity index (χ0) is 11.5. The van der Waals surface area contributed by atoms with Gasteiger partial charge in [0.15, 0.2) is 5.78 Å². The molecule has 1 unspecified atom stereocenters. The first-order valence-electron chi connectivity index (χ1n) is 5.87. The lowest BCUT2D eigenvalue weighted by atomic mass is 10.00. The van der Waals surface area contributed by atoms with E-state index in [2.05, 4.69) is 26.0 Å². The van der Waals surface area contributed by atoms with Crippen molar-refractivity contribution in [3.05, 3.63) is 34.9 Å². The van der Waals surface area contributed by atoms with E-state index in [9.17, 15) is 4.79 Å². The van der Waals surface area contributed by atoms with Crippen LogP contribution in [0.2, 0.25) is 0 Å². The van der Waals surface area contributed by atoms with Crippen LogP contribution < -0.4 is 0 Å². The highest BCUT2D eigenvalue weighted by atomic mass is 16.5. The van der Waals surface area contributed by atoms with Crippen molar-refractivity contribution in [2.24, 2.45) is 0 Å². The minimum atomic E-state index is -0.151. The Bertz CT molecular complexity index is 390. The normalized spacial score (nSPS) is 20.0.